The molecule has 0 saturated carbocycles. The van der Waals surface area contributed by atoms with Gasteiger partial charge in [0, 0.05) is 12.0 Å². The summed E-state index contributed by atoms with van der Waals surface area (Å²) in [7, 11) is 0. The molecule has 0 aromatic rings. The third-order valence-electron chi connectivity index (χ3n) is 1.57. The summed E-state index contributed by atoms with van der Waals surface area (Å²) in [6.45, 7) is 4.42. The fourth-order valence-electron chi connectivity index (χ4n) is 0.722. The lowest BCUT2D eigenvalue weighted by molar-refractivity contribution is -0.137. The summed E-state index contributed by atoms with van der Waals surface area (Å²) in [6, 6.07) is 0. The summed E-state index contributed by atoms with van der Waals surface area (Å²) in [5, 5.41) is 20.2. The highest BCUT2D eigenvalue weighted by atomic mass is 16.4. The second-order valence-corrected chi connectivity index (χ2v) is 3.47. The summed E-state index contributed by atoms with van der Waals surface area (Å²) in [6.07, 6.45) is 0.771. The Balaban J connectivity index is 3.37. The Bertz CT molecular complexity index is 145. The van der Waals surface area contributed by atoms with Crippen LogP contribution in [0.1, 0.15) is 26.7 Å². The highest BCUT2D eigenvalue weighted by Gasteiger charge is 2.14. The van der Waals surface area contributed by atoms with E-state index < -0.39 is 5.97 Å². The highest BCUT2D eigenvalue weighted by Crippen LogP contribution is 1.99. The van der Waals surface area contributed by atoms with Gasteiger partial charge in [-0.1, -0.05) is 0 Å². The zero-order valence-electron chi connectivity index (χ0n) is 7.63. The molecular weight excluding hydrogens is 158 g/mol. The van der Waals surface area contributed by atoms with Crippen LogP contribution in [0.3, 0.4) is 0 Å². The molecule has 0 atom stereocenters. The Morgan fingerprint density at radius 3 is 2.50 bits per heavy atom. The average molecular weight is 175 g/mol. The van der Waals surface area contributed by atoms with Crippen LogP contribution in [0.15, 0.2) is 0 Å². The van der Waals surface area contributed by atoms with E-state index in [1.807, 2.05) is 13.8 Å². The van der Waals surface area contributed by atoms with E-state index >= 15 is 0 Å². The summed E-state index contributed by atoms with van der Waals surface area (Å²) in [4.78, 5) is 10.1. The van der Waals surface area contributed by atoms with Crippen molar-refractivity contribution < 1.29 is 15.0 Å². The fraction of sp³-hybridized carbons (Fsp3) is 0.875. The number of aliphatic hydroxyl groups is 1. The molecule has 72 valence electrons. The molecule has 0 aliphatic rings. The maximum Gasteiger partial charge on any atom is 0.303 e. The zero-order valence-corrected chi connectivity index (χ0v) is 7.63. The van der Waals surface area contributed by atoms with E-state index in [1.54, 1.807) is 0 Å². The average Bonchev–Trinajstić information content (AvgIpc) is 1.98. The van der Waals surface area contributed by atoms with Crippen molar-refractivity contribution in [2.24, 2.45) is 0 Å². The largest absolute Gasteiger partial charge is 0.481 e. The van der Waals surface area contributed by atoms with Gasteiger partial charge in [-0.25, -0.2) is 0 Å². The number of nitrogens with one attached hydrogen (secondary N) is 1. The van der Waals surface area contributed by atoms with E-state index in [2.05, 4.69) is 5.32 Å². The molecule has 0 radical (unpaired) electrons. The lowest BCUT2D eigenvalue weighted by atomic mass is 10.1. The van der Waals surface area contributed by atoms with Crippen LogP contribution in [0, 0.1) is 0 Å². The molecule has 0 fully saturated rings. The van der Waals surface area contributed by atoms with Crippen LogP contribution in [0.25, 0.3) is 0 Å². The van der Waals surface area contributed by atoms with Crippen LogP contribution in [0.2, 0.25) is 0 Å². The molecule has 0 unspecified atom stereocenters. The minimum atomic E-state index is -0.779. The van der Waals surface area contributed by atoms with E-state index in [0.29, 0.717) is 13.0 Å². The van der Waals surface area contributed by atoms with Gasteiger partial charge in [-0.15, -0.1) is 0 Å². The molecule has 0 spiro atoms. The van der Waals surface area contributed by atoms with E-state index in [9.17, 15) is 4.79 Å². The van der Waals surface area contributed by atoms with Crippen LogP contribution in [-0.2, 0) is 4.79 Å². The molecule has 0 aromatic heterocycles. The molecule has 0 aromatic carbocycles. The van der Waals surface area contributed by atoms with Gasteiger partial charge in [0.1, 0.15) is 0 Å². The maximum absolute atomic E-state index is 10.1. The predicted molar refractivity (Wildman–Crippen MR) is 46.0 cm³/mol. The Morgan fingerprint density at radius 1 is 1.50 bits per heavy atom. The van der Waals surface area contributed by atoms with Gasteiger partial charge in [-0.3, -0.25) is 4.79 Å². The van der Waals surface area contributed by atoms with Gasteiger partial charge >= 0.3 is 5.97 Å². The number of carboxylic acid groups (broad SMARTS) is 1. The first-order valence-corrected chi connectivity index (χ1v) is 4.05. The van der Waals surface area contributed by atoms with Gasteiger partial charge in [0.2, 0.25) is 0 Å². The Labute approximate surface area is 72.6 Å². The highest BCUT2D eigenvalue weighted by molar-refractivity contribution is 5.66. The number of carboxylic acids is 1. The van der Waals surface area contributed by atoms with Crippen LogP contribution in [0.4, 0.5) is 0 Å². The number of aliphatic carboxylic acids is 1. The minimum Gasteiger partial charge on any atom is -0.481 e. The molecule has 0 heterocycles. The maximum atomic E-state index is 10.1. The number of carbonyl (C=O) groups is 1. The molecule has 0 rings (SSSR count). The van der Waals surface area contributed by atoms with E-state index in [4.69, 9.17) is 10.2 Å². The van der Waals surface area contributed by atoms with Crippen molar-refractivity contribution in [2.45, 2.75) is 32.2 Å². The number of hydrogen-bond donors (Lipinski definition) is 3. The molecule has 0 aliphatic carbocycles. The molecule has 4 nitrogen and oxygen atoms in total. The molecule has 12 heavy (non-hydrogen) atoms. The SMILES string of the molecule is CC(C)(CO)NCCCC(=O)O. The van der Waals surface area contributed by atoms with Crippen molar-refractivity contribution in [1.82, 2.24) is 5.32 Å². The summed E-state index contributed by atoms with van der Waals surface area (Å²) in [5.41, 5.74) is -0.307. The van der Waals surface area contributed by atoms with Crippen molar-refractivity contribution >= 4 is 5.97 Å². The van der Waals surface area contributed by atoms with Gasteiger partial charge in [0.15, 0.2) is 0 Å². The summed E-state index contributed by atoms with van der Waals surface area (Å²) in [5.74, 6) is -0.779. The number of aliphatic hydroxyl groups excluding tert-OH is 1. The second-order valence-electron chi connectivity index (χ2n) is 3.47. The summed E-state index contributed by atoms with van der Waals surface area (Å²) < 4.78 is 0. The van der Waals surface area contributed by atoms with Crippen LogP contribution in [-0.4, -0.2) is 34.9 Å². The van der Waals surface area contributed by atoms with Gasteiger partial charge < -0.3 is 15.5 Å². The van der Waals surface area contributed by atoms with Gasteiger partial charge in [0.25, 0.3) is 0 Å². The molecule has 0 bridgehead atoms. The quantitative estimate of drug-likeness (QED) is 0.505. The van der Waals surface area contributed by atoms with Crippen molar-refractivity contribution in [2.75, 3.05) is 13.2 Å². The van der Waals surface area contributed by atoms with Crippen molar-refractivity contribution in [3.05, 3.63) is 0 Å². The molecule has 0 aliphatic heterocycles. The van der Waals surface area contributed by atoms with Crippen molar-refractivity contribution in [1.29, 1.82) is 0 Å². The van der Waals surface area contributed by atoms with Crippen LogP contribution in [0.5, 0.6) is 0 Å². The molecule has 0 saturated heterocycles. The van der Waals surface area contributed by atoms with E-state index in [-0.39, 0.29) is 18.6 Å². The van der Waals surface area contributed by atoms with Crippen molar-refractivity contribution in [3.8, 4) is 0 Å². The first-order chi connectivity index (χ1) is 5.48. The first-order valence-electron chi connectivity index (χ1n) is 4.05. The number of rotatable bonds is 6. The Morgan fingerprint density at radius 2 is 2.08 bits per heavy atom. The second kappa shape index (κ2) is 5.11. The first kappa shape index (κ1) is 11.4. The molecular formula is C8H17NO3. The van der Waals surface area contributed by atoms with Crippen LogP contribution >= 0.6 is 0 Å². The van der Waals surface area contributed by atoms with Crippen LogP contribution < -0.4 is 5.32 Å². The Kier molecular flexibility index (Phi) is 4.85. The Hall–Kier alpha value is -0.610. The standard InChI is InChI=1S/C8H17NO3/c1-8(2,6-10)9-5-3-4-7(11)12/h9-10H,3-6H2,1-2H3,(H,11,12). The van der Waals surface area contributed by atoms with Crippen molar-refractivity contribution in [3.63, 3.8) is 0 Å². The third-order valence-corrected chi connectivity index (χ3v) is 1.57. The zero-order chi connectivity index (χ0) is 9.61. The lowest BCUT2D eigenvalue weighted by Crippen LogP contribution is -2.43. The van der Waals surface area contributed by atoms with Gasteiger partial charge in [0.05, 0.1) is 6.61 Å². The van der Waals surface area contributed by atoms with Gasteiger partial charge in [-0.2, -0.15) is 0 Å². The normalized spacial score (nSPS) is 11.6. The van der Waals surface area contributed by atoms with Gasteiger partial charge in [-0.05, 0) is 26.8 Å². The molecule has 3 N–H and O–H groups in total. The third kappa shape index (κ3) is 6.12. The monoisotopic (exact) mass is 175 g/mol. The molecule has 0 amide bonds. The molecule has 4 heteroatoms. The topological polar surface area (TPSA) is 69.6 Å². The minimum absolute atomic E-state index is 0.0556. The predicted octanol–water partition coefficient (Wildman–Crippen LogP) is 0.212. The lowest BCUT2D eigenvalue weighted by Gasteiger charge is -2.23. The smallest absolute Gasteiger partial charge is 0.303 e. The van der Waals surface area contributed by atoms with E-state index in [0.717, 1.165) is 0 Å². The summed E-state index contributed by atoms with van der Waals surface area (Å²) >= 11 is 0. The number of hydrogen-bond acceptors (Lipinski definition) is 3. The van der Waals surface area contributed by atoms with E-state index in [1.165, 1.54) is 0 Å². The fourth-order valence-corrected chi connectivity index (χ4v) is 0.722.